The topological polar surface area (TPSA) is 36.4 Å². The Kier molecular flexibility index (Phi) is 4.35. The van der Waals surface area contributed by atoms with Gasteiger partial charge in [-0.3, -0.25) is 9.78 Å². The highest BCUT2D eigenvalue weighted by atomic mass is 79.9. The largest absolute Gasteiger partial charge is 0.339 e. The van der Waals surface area contributed by atoms with Gasteiger partial charge in [0.25, 0.3) is 5.91 Å². The molecule has 0 atom stereocenters. The highest BCUT2D eigenvalue weighted by Crippen LogP contribution is 2.17. The van der Waals surface area contributed by atoms with Gasteiger partial charge in [0.2, 0.25) is 0 Å². The third-order valence-corrected chi connectivity index (χ3v) is 3.94. The molecule has 2 heterocycles. The predicted molar refractivity (Wildman–Crippen MR) is 74.5 cm³/mol. The summed E-state index contributed by atoms with van der Waals surface area (Å²) >= 11 is 3.34. The van der Waals surface area contributed by atoms with E-state index in [4.69, 9.17) is 0 Å². The van der Waals surface area contributed by atoms with Crippen LogP contribution >= 0.6 is 15.9 Å². The molecule has 1 aliphatic rings. The van der Waals surface area contributed by atoms with Gasteiger partial charge in [-0.1, -0.05) is 0 Å². The molecule has 2 rings (SSSR count). The first-order chi connectivity index (χ1) is 8.58. The normalized spacial score (nSPS) is 17.7. The van der Waals surface area contributed by atoms with E-state index in [9.17, 15) is 4.79 Å². The monoisotopic (exact) mass is 311 g/mol. The third kappa shape index (κ3) is 3.09. The minimum Gasteiger partial charge on any atom is -0.339 e. The highest BCUT2D eigenvalue weighted by molar-refractivity contribution is 9.10. The summed E-state index contributed by atoms with van der Waals surface area (Å²) in [5.74, 6) is 0.0540. The fourth-order valence-corrected chi connectivity index (χ4v) is 2.65. The van der Waals surface area contributed by atoms with E-state index >= 15 is 0 Å². The SMILES string of the molecule is CN1CCC(N(C)C(=O)c2cncc(Br)c2)CC1. The lowest BCUT2D eigenvalue weighted by Gasteiger charge is -2.35. The van der Waals surface area contributed by atoms with E-state index < -0.39 is 0 Å². The Bertz CT molecular complexity index is 430. The summed E-state index contributed by atoms with van der Waals surface area (Å²) < 4.78 is 0.838. The van der Waals surface area contributed by atoms with Crippen LogP contribution in [0.2, 0.25) is 0 Å². The van der Waals surface area contributed by atoms with E-state index in [1.807, 2.05) is 18.0 Å². The number of rotatable bonds is 2. The Hall–Kier alpha value is -0.940. The smallest absolute Gasteiger partial charge is 0.255 e. The number of halogens is 1. The van der Waals surface area contributed by atoms with E-state index in [1.165, 1.54) is 0 Å². The van der Waals surface area contributed by atoms with Gasteiger partial charge in [0, 0.05) is 30.0 Å². The molecule has 0 N–H and O–H groups in total. The van der Waals surface area contributed by atoms with E-state index in [2.05, 4.69) is 32.9 Å². The quantitative estimate of drug-likeness (QED) is 0.838. The summed E-state index contributed by atoms with van der Waals surface area (Å²) in [7, 11) is 4.01. The molecule has 0 saturated carbocycles. The third-order valence-electron chi connectivity index (χ3n) is 3.51. The van der Waals surface area contributed by atoms with Crippen LogP contribution in [-0.2, 0) is 0 Å². The first kappa shape index (κ1) is 13.5. The maximum Gasteiger partial charge on any atom is 0.255 e. The van der Waals surface area contributed by atoms with E-state index in [1.54, 1.807) is 12.4 Å². The van der Waals surface area contributed by atoms with Crippen LogP contribution in [0.1, 0.15) is 23.2 Å². The van der Waals surface area contributed by atoms with Crippen LogP contribution in [0.3, 0.4) is 0 Å². The molecule has 1 fully saturated rings. The average Bonchev–Trinajstić information content (AvgIpc) is 2.38. The molecule has 0 bridgehead atoms. The second-order valence-corrected chi connectivity index (χ2v) is 5.76. The van der Waals surface area contributed by atoms with Crippen molar-refractivity contribution >= 4 is 21.8 Å². The number of aromatic nitrogens is 1. The lowest BCUT2D eigenvalue weighted by Crippen LogP contribution is -2.44. The van der Waals surface area contributed by atoms with Gasteiger partial charge in [-0.2, -0.15) is 0 Å². The first-order valence-electron chi connectivity index (χ1n) is 6.14. The number of carbonyl (C=O) groups is 1. The molecule has 0 spiro atoms. The molecule has 1 aliphatic heterocycles. The van der Waals surface area contributed by atoms with Gasteiger partial charge in [-0.05, 0) is 55.0 Å². The molecule has 5 heteroatoms. The molecule has 0 aliphatic carbocycles. The van der Waals surface area contributed by atoms with Crippen LogP contribution in [-0.4, -0.2) is 53.9 Å². The van der Waals surface area contributed by atoms with Gasteiger partial charge in [0.15, 0.2) is 0 Å². The second-order valence-electron chi connectivity index (χ2n) is 4.84. The molecule has 1 saturated heterocycles. The van der Waals surface area contributed by atoms with Crippen LogP contribution in [0.5, 0.6) is 0 Å². The van der Waals surface area contributed by atoms with Gasteiger partial charge in [-0.15, -0.1) is 0 Å². The number of hydrogen-bond acceptors (Lipinski definition) is 3. The number of hydrogen-bond donors (Lipinski definition) is 0. The Morgan fingerprint density at radius 3 is 2.72 bits per heavy atom. The van der Waals surface area contributed by atoms with Crippen molar-refractivity contribution in [3.05, 3.63) is 28.5 Å². The lowest BCUT2D eigenvalue weighted by atomic mass is 10.0. The summed E-state index contributed by atoms with van der Waals surface area (Å²) in [5, 5.41) is 0. The van der Waals surface area contributed by atoms with Gasteiger partial charge in [0.1, 0.15) is 0 Å². The maximum absolute atomic E-state index is 12.3. The van der Waals surface area contributed by atoms with Crippen molar-refractivity contribution in [3.63, 3.8) is 0 Å². The van der Waals surface area contributed by atoms with Gasteiger partial charge in [0.05, 0.1) is 5.56 Å². The zero-order chi connectivity index (χ0) is 13.1. The Balaban J connectivity index is 2.04. The van der Waals surface area contributed by atoms with Crippen LogP contribution in [0.4, 0.5) is 0 Å². The number of amides is 1. The van der Waals surface area contributed by atoms with Crippen molar-refractivity contribution in [1.29, 1.82) is 0 Å². The molecule has 18 heavy (non-hydrogen) atoms. The summed E-state index contributed by atoms with van der Waals surface area (Å²) in [6.07, 6.45) is 5.39. The van der Waals surface area contributed by atoms with Crippen LogP contribution < -0.4 is 0 Å². The summed E-state index contributed by atoms with van der Waals surface area (Å²) in [6, 6.07) is 2.16. The van der Waals surface area contributed by atoms with Crippen LogP contribution in [0.15, 0.2) is 22.9 Å². The van der Waals surface area contributed by atoms with Crippen molar-refractivity contribution in [2.75, 3.05) is 27.2 Å². The molecular weight excluding hydrogens is 294 g/mol. The molecule has 0 aromatic carbocycles. The molecule has 0 radical (unpaired) electrons. The van der Waals surface area contributed by atoms with Crippen molar-refractivity contribution in [3.8, 4) is 0 Å². The molecule has 1 aromatic heterocycles. The van der Waals surface area contributed by atoms with Crippen molar-refractivity contribution in [2.45, 2.75) is 18.9 Å². The number of carbonyl (C=O) groups excluding carboxylic acids is 1. The lowest BCUT2D eigenvalue weighted by molar-refractivity contribution is 0.0659. The summed E-state index contributed by atoms with van der Waals surface area (Å²) in [5.41, 5.74) is 0.644. The van der Waals surface area contributed by atoms with Crippen LogP contribution in [0.25, 0.3) is 0 Å². The van der Waals surface area contributed by atoms with E-state index in [-0.39, 0.29) is 5.91 Å². The Labute approximate surface area is 116 Å². The zero-order valence-electron chi connectivity index (χ0n) is 10.8. The highest BCUT2D eigenvalue weighted by Gasteiger charge is 2.24. The van der Waals surface area contributed by atoms with E-state index in [0.717, 1.165) is 30.4 Å². The zero-order valence-corrected chi connectivity index (χ0v) is 12.4. The summed E-state index contributed by atoms with van der Waals surface area (Å²) in [6.45, 7) is 2.11. The minimum atomic E-state index is 0.0540. The van der Waals surface area contributed by atoms with Gasteiger partial charge < -0.3 is 9.80 Å². The Morgan fingerprint density at radius 1 is 1.44 bits per heavy atom. The standard InChI is InChI=1S/C13H18BrN3O/c1-16-5-3-12(4-6-16)17(2)13(18)10-7-11(14)9-15-8-10/h7-9,12H,3-6H2,1-2H3. The fourth-order valence-electron chi connectivity index (χ4n) is 2.28. The fraction of sp³-hybridized carbons (Fsp3) is 0.538. The van der Waals surface area contributed by atoms with Gasteiger partial charge in [-0.25, -0.2) is 0 Å². The predicted octanol–water partition coefficient (Wildman–Crippen LogP) is 2.01. The molecule has 1 aromatic rings. The maximum atomic E-state index is 12.3. The van der Waals surface area contributed by atoms with Crippen molar-refractivity contribution in [2.24, 2.45) is 0 Å². The first-order valence-corrected chi connectivity index (χ1v) is 6.93. The molecule has 4 nitrogen and oxygen atoms in total. The number of nitrogens with zero attached hydrogens (tertiary/aromatic N) is 3. The van der Waals surface area contributed by atoms with Crippen molar-refractivity contribution in [1.82, 2.24) is 14.8 Å². The molecule has 98 valence electrons. The molecule has 0 unspecified atom stereocenters. The summed E-state index contributed by atoms with van der Waals surface area (Å²) in [4.78, 5) is 20.5. The van der Waals surface area contributed by atoms with E-state index in [0.29, 0.717) is 11.6 Å². The van der Waals surface area contributed by atoms with Crippen molar-refractivity contribution < 1.29 is 4.79 Å². The van der Waals surface area contributed by atoms with Crippen LogP contribution in [0, 0.1) is 0 Å². The van der Waals surface area contributed by atoms with Gasteiger partial charge >= 0.3 is 0 Å². The number of likely N-dealkylation sites (tertiary alicyclic amines) is 1. The second kappa shape index (κ2) is 5.80. The molecular formula is C13H18BrN3O. The molecule has 1 amide bonds. The Morgan fingerprint density at radius 2 is 2.11 bits per heavy atom. The minimum absolute atomic E-state index is 0.0540. The number of piperidine rings is 1. The average molecular weight is 312 g/mol. The number of pyridine rings is 1.